The van der Waals surface area contributed by atoms with E-state index < -0.39 is 5.82 Å². The quantitative estimate of drug-likeness (QED) is 0.654. The number of hydrogen-bond acceptors (Lipinski definition) is 6. The Balaban J connectivity index is 1.38. The van der Waals surface area contributed by atoms with Crippen molar-refractivity contribution < 1.29 is 13.9 Å². The first-order valence-corrected chi connectivity index (χ1v) is 10.7. The van der Waals surface area contributed by atoms with Gasteiger partial charge in [0.2, 0.25) is 5.95 Å². The average molecular weight is 413 g/mol. The Kier molecular flexibility index (Phi) is 5.88. The van der Waals surface area contributed by atoms with Gasteiger partial charge in [-0.15, -0.1) is 0 Å². The first kappa shape index (κ1) is 20.6. The van der Waals surface area contributed by atoms with Gasteiger partial charge in [-0.25, -0.2) is 9.37 Å². The molecule has 30 heavy (non-hydrogen) atoms. The maximum absolute atomic E-state index is 14.4. The molecule has 0 radical (unpaired) electrons. The van der Waals surface area contributed by atoms with Crippen LogP contribution in [0, 0.1) is 5.82 Å². The van der Waals surface area contributed by atoms with E-state index >= 15 is 0 Å². The zero-order chi connectivity index (χ0) is 21.3. The number of aromatic nitrogens is 2. The van der Waals surface area contributed by atoms with Crippen LogP contribution in [-0.2, 0) is 4.79 Å². The van der Waals surface area contributed by atoms with Gasteiger partial charge in [-0.2, -0.15) is 4.98 Å². The highest BCUT2D eigenvalue weighted by atomic mass is 19.1. The van der Waals surface area contributed by atoms with E-state index in [1.165, 1.54) is 6.20 Å². The number of carbonyl (C=O) groups is 1. The lowest BCUT2D eigenvalue weighted by atomic mass is 9.96. The summed E-state index contributed by atoms with van der Waals surface area (Å²) in [6, 6.07) is 8.39. The summed E-state index contributed by atoms with van der Waals surface area (Å²) in [7, 11) is 1.96. The molecule has 4 rings (SSSR count). The minimum Gasteiger partial charge on any atom is -0.489 e. The van der Waals surface area contributed by atoms with E-state index in [2.05, 4.69) is 16.9 Å². The Morgan fingerprint density at radius 1 is 1.30 bits per heavy atom. The van der Waals surface area contributed by atoms with Gasteiger partial charge in [0, 0.05) is 32.5 Å². The van der Waals surface area contributed by atoms with Crippen molar-refractivity contribution in [3.63, 3.8) is 0 Å². The van der Waals surface area contributed by atoms with Crippen molar-refractivity contribution in [2.75, 3.05) is 29.9 Å². The second kappa shape index (κ2) is 8.58. The highest BCUT2D eigenvalue weighted by Gasteiger charge is 2.31. The van der Waals surface area contributed by atoms with Crippen LogP contribution < -0.4 is 14.5 Å². The second-order valence-corrected chi connectivity index (χ2v) is 8.53. The molecule has 2 aromatic rings. The molecule has 0 N–H and O–H groups in total. The molecular weight excluding hydrogens is 383 g/mol. The molecule has 1 aromatic heterocycles. The molecule has 0 bridgehead atoms. The highest BCUT2D eigenvalue weighted by molar-refractivity contribution is 5.76. The van der Waals surface area contributed by atoms with Crippen molar-refractivity contribution in [2.24, 2.45) is 0 Å². The molecule has 7 heteroatoms. The first-order valence-electron chi connectivity index (χ1n) is 10.7. The average Bonchev–Trinajstić information content (AvgIpc) is 3.47. The Hall–Kier alpha value is -2.70. The summed E-state index contributed by atoms with van der Waals surface area (Å²) < 4.78 is 20.5. The van der Waals surface area contributed by atoms with Crippen LogP contribution in [0.2, 0.25) is 0 Å². The molecule has 160 valence electrons. The largest absolute Gasteiger partial charge is 0.489 e. The molecule has 1 aliphatic carbocycles. The summed E-state index contributed by atoms with van der Waals surface area (Å²) in [6.45, 7) is 4.95. The minimum absolute atomic E-state index is 0.0236. The van der Waals surface area contributed by atoms with E-state index in [-0.39, 0.29) is 17.8 Å². The molecule has 1 saturated carbocycles. The molecule has 0 unspecified atom stereocenters. The molecule has 6 nitrogen and oxygen atoms in total. The summed E-state index contributed by atoms with van der Waals surface area (Å²) in [6.07, 6.45) is 4.87. The predicted octanol–water partition coefficient (Wildman–Crippen LogP) is 3.95. The number of carbonyl (C=O) groups excluding carboxylic acids is 1. The van der Waals surface area contributed by atoms with Crippen LogP contribution >= 0.6 is 0 Å². The first-order chi connectivity index (χ1) is 14.4. The summed E-state index contributed by atoms with van der Waals surface area (Å²) in [5.74, 6) is 1.71. The number of ketones is 1. The fourth-order valence-electron chi connectivity index (χ4n) is 4.00. The number of rotatable bonds is 8. The fourth-order valence-corrected chi connectivity index (χ4v) is 4.00. The van der Waals surface area contributed by atoms with Gasteiger partial charge in [0.1, 0.15) is 17.6 Å². The second-order valence-electron chi connectivity index (χ2n) is 8.53. The number of ether oxygens (including phenoxy) is 1. The smallest absolute Gasteiger partial charge is 0.227 e. The number of benzene rings is 1. The SMILES string of the molecule is CC(=O)C[C@@H](C)c1ccc(O[C@@H]2CCN(c3nc(N(C)C4CC4)ncc3F)C2)cc1. The van der Waals surface area contributed by atoms with Crippen LogP contribution in [-0.4, -0.2) is 48.0 Å². The Morgan fingerprint density at radius 3 is 2.70 bits per heavy atom. The molecule has 1 aliphatic heterocycles. The molecule has 1 saturated heterocycles. The molecule has 2 heterocycles. The molecule has 2 atom stereocenters. The topological polar surface area (TPSA) is 58.6 Å². The minimum atomic E-state index is -0.396. The van der Waals surface area contributed by atoms with Gasteiger partial charge in [-0.05, 0) is 43.4 Å². The zero-order valence-corrected chi connectivity index (χ0v) is 17.8. The highest BCUT2D eigenvalue weighted by Crippen LogP contribution is 2.31. The lowest BCUT2D eigenvalue weighted by Crippen LogP contribution is -2.28. The Bertz CT molecular complexity index is 901. The third kappa shape index (κ3) is 4.71. The van der Waals surface area contributed by atoms with Crippen molar-refractivity contribution in [1.29, 1.82) is 0 Å². The van der Waals surface area contributed by atoms with Gasteiger partial charge in [-0.3, -0.25) is 0 Å². The fraction of sp³-hybridized carbons (Fsp3) is 0.522. The summed E-state index contributed by atoms with van der Waals surface area (Å²) in [4.78, 5) is 23.9. The van der Waals surface area contributed by atoms with Gasteiger partial charge in [0.25, 0.3) is 0 Å². The lowest BCUT2D eigenvalue weighted by Gasteiger charge is -2.21. The van der Waals surface area contributed by atoms with Gasteiger partial charge in [0.05, 0.1) is 12.7 Å². The number of hydrogen-bond donors (Lipinski definition) is 0. The maximum atomic E-state index is 14.4. The van der Waals surface area contributed by atoms with Crippen LogP contribution in [0.3, 0.4) is 0 Å². The van der Waals surface area contributed by atoms with Crippen LogP contribution in [0.4, 0.5) is 16.2 Å². The van der Waals surface area contributed by atoms with Crippen molar-refractivity contribution in [3.05, 3.63) is 41.8 Å². The standard InChI is InChI=1S/C23H29FN4O2/c1-15(12-16(2)29)17-4-8-19(9-5-17)30-20-10-11-28(14-20)22-21(24)13-25-23(26-22)27(3)18-6-7-18/h4-5,8-9,13,15,18,20H,6-7,10-12,14H2,1-3H3/t15-,20-/m1/s1. The summed E-state index contributed by atoms with van der Waals surface area (Å²) in [5.41, 5.74) is 1.13. The molecule has 1 aromatic carbocycles. The molecule has 2 aliphatic rings. The third-order valence-corrected chi connectivity index (χ3v) is 5.91. The maximum Gasteiger partial charge on any atom is 0.227 e. The predicted molar refractivity (Wildman–Crippen MR) is 115 cm³/mol. The molecule has 0 spiro atoms. The van der Waals surface area contributed by atoms with E-state index in [1.54, 1.807) is 6.92 Å². The van der Waals surface area contributed by atoms with E-state index in [1.807, 2.05) is 41.1 Å². The van der Waals surface area contributed by atoms with E-state index in [0.29, 0.717) is 37.3 Å². The van der Waals surface area contributed by atoms with Gasteiger partial charge in [0.15, 0.2) is 11.6 Å². The zero-order valence-electron chi connectivity index (χ0n) is 17.8. The summed E-state index contributed by atoms with van der Waals surface area (Å²) in [5, 5.41) is 0. The molecular formula is C23H29FN4O2. The van der Waals surface area contributed by atoms with Crippen molar-refractivity contribution in [3.8, 4) is 5.75 Å². The van der Waals surface area contributed by atoms with Crippen LogP contribution in [0.25, 0.3) is 0 Å². The molecule has 0 amide bonds. The van der Waals surface area contributed by atoms with E-state index in [0.717, 1.165) is 30.6 Å². The lowest BCUT2D eigenvalue weighted by molar-refractivity contribution is -0.117. The summed E-state index contributed by atoms with van der Waals surface area (Å²) >= 11 is 0. The van der Waals surface area contributed by atoms with Crippen LogP contribution in [0.1, 0.15) is 51.0 Å². The van der Waals surface area contributed by atoms with Crippen LogP contribution in [0.15, 0.2) is 30.5 Å². The Labute approximate surface area is 177 Å². The number of Topliss-reactive ketones (excluding diaryl/α,β-unsaturated/α-hetero) is 1. The van der Waals surface area contributed by atoms with Gasteiger partial charge >= 0.3 is 0 Å². The third-order valence-electron chi connectivity index (χ3n) is 5.91. The normalized spacial score (nSPS) is 19.6. The number of halogens is 1. The van der Waals surface area contributed by atoms with Crippen molar-refractivity contribution in [1.82, 2.24) is 9.97 Å². The number of nitrogens with zero attached hydrogens (tertiary/aromatic N) is 4. The van der Waals surface area contributed by atoms with Crippen molar-refractivity contribution in [2.45, 2.75) is 57.6 Å². The van der Waals surface area contributed by atoms with Gasteiger partial charge in [-0.1, -0.05) is 19.1 Å². The van der Waals surface area contributed by atoms with E-state index in [4.69, 9.17) is 4.74 Å². The Morgan fingerprint density at radius 2 is 2.03 bits per heavy atom. The molecule has 2 fully saturated rings. The number of anilines is 2. The monoisotopic (exact) mass is 412 g/mol. The van der Waals surface area contributed by atoms with E-state index in [9.17, 15) is 9.18 Å². The van der Waals surface area contributed by atoms with Crippen molar-refractivity contribution >= 4 is 17.5 Å². The van der Waals surface area contributed by atoms with Gasteiger partial charge < -0.3 is 19.3 Å². The van der Waals surface area contributed by atoms with Crippen LogP contribution in [0.5, 0.6) is 5.75 Å².